The normalized spacial score (nSPS) is 14.8. The summed E-state index contributed by atoms with van der Waals surface area (Å²) in [5, 5.41) is 4.15. The van der Waals surface area contributed by atoms with Gasteiger partial charge in [-0.05, 0) is 36.4 Å². The molecule has 1 saturated heterocycles. The fourth-order valence-electron chi connectivity index (χ4n) is 3.23. The summed E-state index contributed by atoms with van der Waals surface area (Å²) in [6, 6.07) is 9.96. The van der Waals surface area contributed by atoms with E-state index in [4.69, 9.17) is 4.74 Å². The molecule has 0 saturated carbocycles. The molecule has 3 aromatic rings. The number of rotatable bonds is 4. The molecule has 0 amide bonds. The minimum absolute atomic E-state index is 0. The van der Waals surface area contributed by atoms with E-state index in [0.29, 0.717) is 11.3 Å². The number of methoxy groups -OCH3 is 1. The lowest BCUT2D eigenvalue weighted by Gasteiger charge is -2.28. The second-order valence-corrected chi connectivity index (χ2v) is 7.91. The molecule has 2 aromatic heterocycles. The van der Waals surface area contributed by atoms with Crippen molar-refractivity contribution in [2.75, 3.05) is 38.2 Å². The lowest BCUT2D eigenvalue weighted by Crippen LogP contribution is -2.43. The Bertz CT molecular complexity index is 1030. The van der Waals surface area contributed by atoms with Gasteiger partial charge in [0.1, 0.15) is 11.6 Å². The number of hydrogen-bond donors (Lipinski definition) is 1. The van der Waals surface area contributed by atoms with E-state index in [1.807, 2.05) is 6.07 Å². The summed E-state index contributed by atoms with van der Waals surface area (Å²) in [5.74, 6) is 1.44. The molecule has 0 atom stereocenters. The third-order valence-corrected chi connectivity index (χ3v) is 6.30. The highest BCUT2D eigenvalue weighted by atomic mass is 35.5. The molecule has 27 heavy (non-hydrogen) atoms. The number of benzene rings is 1. The maximum Gasteiger partial charge on any atom is 0.268 e. The largest absolute Gasteiger partial charge is 0.497 e. The Hall–Kier alpha value is -2.29. The predicted octanol–water partition coefficient (Wildman–Crippen LogP) is 2.11. The Morgan fingerprint density at radius 1 is 1.07 bits per heavy atom. The van der Waals surface area contributed by atoms with Gasteiger partial charge < -0.3 is 15.0 Å². The van der Waals surface area contributed by atoms with Crippen LogP contribution in [0.2, 0.25) is 0 Å². The minimum Gasteiger partial charge on any atom is -0.497 e. The van der Waals surface area contributed by atoms with Crippen LogP contribution in [0.1, 0.15) is 0 Å². The number of anilines is 1. The molecule has 3 heterocycles. The van der Waals surface area contributed by atoms with Crippen molar-refractivity contribution in [3.63, 3.8) is 0 Å². The van der Waals surface area contributed by atoms with Crippen LogP contribution in [0.25, 0.3) is 10.9 Å². The van der Waals surface area contributed by atoms with Crippen molar-refractivity contribution < 1.29 is 13.2 Å². The van der Waals surface area contributed by atoms with E-state index >= 15 is 0 Å². The summed E-state index contributed by atoms with van der Waals surface area (Å²) >= 11 is 0. The number of aromatic nitrogens is 2. The molecule has 0 spiro atoms. The van der Waals surface area contributed by atoms with Gasteiger partial charge in [-0.1, -0.05) is 0 Å². The van der Waals surface area contributed by atoms with Crippen LogP contribution >= 0.6 is 12.4 Å². The van der Waals surface area contributed by atoms with Crippen LogP contribution in [0.5, 0.6) is 5.75 Å². The van der Waals surface area contributed by atoms with Gasteiger partial charge >= 0.3 is 0 Å². The summed E-state index contributed by atoms with van der Waals surface area (Å²) < 4.78 is 32.6. The van der Waals surface area contributed by atoms with E-state index in [-0.39, 0.29) is 17.3 Å². The van der Waals surface area contributed by atoms with Crippen molar-refractivity contribution in [3.05, 3.63) is 48.8 Å². The van der Waals surface area contributed by atoms with Crippen LogP contribution in [-0.4, -0.2) is 50.7 Å². The molecule has 1 aliphatic heterocycles. The monoisotopic (exact) mass is 408 g/mol. The first-order valence-electron chi connectivity index (χ1n) is 8.42. The summed E-state index contributed by atoms with van der Waals surface area (Å²) in [6.07, 6.45) is 3.26. The van der Waals surface area contributed by atoms with Crippen LogP contribution in [0.3, 0.4) is 0 Å². The van der Waals surface area contributed by atoms with Gasteiger partial charge in [-0.3, -0.25) is 0 Å². The van der Waals surface area contributed by atoms with Gasteiger partial charge in [-0.2, -0.15) is 0 Å². The van der Waals surface area contributed by atoms with E-state index in [1.165, 1.54) is 3.97 Å². The quantitative estimate of drug-likeness (QED) is 0.712. The van der Waals surface area contributed by atoms with Crippen molar-refractivity contribution in [3.8, 4) is 5.75 Å². The molecule has 1 aliphatic rings. The third kappa shape index (κ3) is 3.47. The molecule has 9 heteroatoms. The van der Waals surface area contributed by atoms with E-state index in [0.717, 1.165) is 37.4 Å². The second-order valence-electron chi connectivity index (χ2n) is 6.10. The fraction of sp³-hybridized carbons (Fsp3) is 0.278. The Morgan fingerprint density at radius 2 is 1.78 bits per heavy atom. The SMILES string of the molecule is COc1ccc(S(=O)(=O)n2ccc3c(N4CCNCC4)nccc32)cc1.Cl. The van der Waals surface area contributed by atoms with Crippen molar-refractivity contribution in [1.82, 2.24) is 14.3 Å². The van der Waals surface area contributed by atoms with Crippen molar-refractivity contribution in [1.29, 1.82) is 0 Å². The minimum atomic E-state index is -3.69. The standard InChI is InChI=1S/C18H20N4O3S.ClH/c1-25-14-2-4-15(5-3-14)26(23,24)22-11-7-16-17(22)6-8-20-18(16)21-12-9-19-10-13-21;/h2-8,11,19H,9-10,12-13H2,1H3;1H. The van der Waals surface area contributed by atoms with Crippen LogP contribution in [-0.2, 0) is 10.0 Å². The average molecular weight is 409 g/mol. The van der Waals surface area contributed by atoms with Crippen LogP contribution < -0.4 is 15.0 Å². The van der Waals surface area contributed by atoms with Gasteiger partial charge in [0.15, 0.2) is 0 Å². The molecule has 0 unspecified atom stereocenters. The van der Waals surface area contributed by atoms with Gasteiger partial charge in [0, 0.05) is 44.0 Å². The van der Waals surface area contributed by atoms with Gasteiger partial charge in [0.05, 0.1) is 17.5 Å². The van der Waals surface area contributed by atoms with E-state index in [9.17, 15) is 8.42 Å². The Labute approximate surface area is 164 Å². The summed E-state index contributed by atoms with van der Waals surface area (Å²) in [7, 11) is -2.14. The van der Waals surface area contributed by atoms with Gasteiger partial charge in [0.25, 0.3) is 10.0 Å². The number of nitrogens with one attached hydrogen (secondary N) is 1. The molecule has 0 aliphatic carbocycles. The molecular formula is C18H21ClN4O3S. The molecule has 7 nitrogen and oxygen atoms in total. The van der Waals surface area contributed by atoms with Crippen LogP contribution in [0.15, 0.2) is 53.7 Å². The Morgan fingerprint density at radius 3 is 2.44 bits per heavy atom. The summed E-state index contributed by atoms with van der Waals surface area (Å²) in [4.78, 5) is 6.90. The number of hydrogen-bond acceptors (Lipinski definition) is 6. The Kier molecular flexibility index (Phi) is 5.59. The molecule has 0 bridgehead atoms. The number of piperazine rings is 1. The highest BCUT2D eigenvalue weighted by Gasteiger charge is 2.22. The summed E-state index contributed by atoms with van der Waals surface area (Å²) in [5.41, 5.74) is 0.629. The first kappa shape index (κ1) is 19.5. The first-order chi connectivity index (χ1) is 12.6. The molecule has 1 N–H and O–H groups in total. The first-order valence-corrected chi connectivity index (χ1v) is 9.86. The molecule has 1 fully saturated rings. The zero-order valence-corrected chi connectivity index (χ0v) is 16.5. The predicted molar refractivity (Wildman–Crippen MR) is 108 cm³/mol. The van der Waals surface area contributed by atoms with Gasteiger partial charge in [-0.25, -0.2) is 17.4 Å². The van der Waals surface area contributed by atoms with E-state index < -0.39 is 10.0 Å². The zero-order chi connectivity index (χ0) is 18.1. The number of fused-ring (bicyclic) bond motifs is 1. The van der Waals surface area contributed by atoms with Crippen LogP contribution in [0.4, 0.5) is 5.82 Å². The smallest absolute Gasteiger partial charge is 0.268 e. The van der Waals surface area contributed by atoms with E-state index in [2.05, 4.69) is 15.2 Å². The van der Waals surface area contributed by atoms with Crippen molar-refractivity contribution in [2.24, 2.45) is 0 Å². The summed E-state index contributed by atoms with van der Waals surface area (Å²) in [6.45, 7) is 3.48. The van der Waals surface area contributed by atoms with E-state index in [1.54, 1.807) is 49.8 Å². The topological polar surface area (TPSA) is 76.5 Å². The number of halogens is 1. The average Bonchev–Trinajstić information content (AvgIpc) is 3.14. The number of nitrogens with zero attached hydrogens (tertiary/aromatic N) is 3. The van der Waals surface area contributed by atoms with Gasteiger partial charge in [-0.15, -0.1) is 12.4 Å². The lowest BCUT2D eigenvalue weighted by molar-refractivity contribution is 0.414. The van der Waals surface area contributed by atoms with Crippen molar-refractivity contribution in [2.45, 2.75) is 4.90 Å². The maximum absolute atomic E-state index is 13.1. The molecule has 4 rings (SSSR count). The highest BCUT2D eigenvalue weighted by molar-refractivity contribution is 7.90. The Balaban J connectivity index is 0.00000210. The van der Waals surface area contributed by atoms with Crippen molar-refractivity contribution >= 4 is 39.2 Å². The fourth-order valence-corrected chi connectivity index (χ4v) is 4.57. The highest BCUT2D eigenvalue weighted by Crippen LogP contribution is 2.29. The van der Waals surface area contributed by atoms with Crippen LogP contribution in [0, 0.1) is 0 Å². The molecule has 144 valence electrons. The number of ether oxygens (including phenoxy) is 1. The third-order valence-electron chi connectivity index (χ3n) is 4.59. The van der Waals surface area contributed by atoms with Gasteiger partial charge in [0.2, 0.25) is 0 Å². The zero-order valence-electron chi connectivity index (χ0n) is 14.8. The molecule has 0 radical (unpaired) electrons. The molecule has 1 aromatic carbocycles. The second kappa shape index (κ2) is 7.75. The number of pyridine rings is 1. The maximum atomic E-state index is 13.1. The lowest BCUT2D eigenvalue weighted by atomic mass is 10.2. The molecular weight excluding hydrogens is 388 g/mol.